The molecular weight excluding hydrogens is 244 g/mol. The lowest BCUT2D eigenvalue weighted by molar-refractivity contribution is -0.120. The van der Waals surface area contributed by atoms with Crippen molar-refractivity contribution >= 4 is 5.91 Å². The van der Waals surface area contributed by atoms with Crippen LogP contribution < -0.4 is 15.8 Å². The second-order valence-corrected chi connectivity index (χ2v) is 4.70. The van der Waals surface area contributed by atoms with Crippen LogP contribution in [0.4, 0.5) is 0 Å². The molecule has 106 valence electrons. The van der Waals surface area contributed by atoms with E-state index in [9.17, 15) is 4.79 Å². The highest BCUT2D eigenvalue weighted by Crippen LogP contribution is 2.12. The van der Waals surface area contributed by atoms with Gasteiger partial charge in [-0.15, -0.1) is 0 Å². The molecule has 1 aromatic rings. The zero-order valence-corrected chi connectivity index (χ0v) is 11.4. The molecule has 1 amide bonds. The molecule has 0 saturated heterocycles. The summed E-state index contributed by atoms with van der Waals surface area (Å²) in [6, 6.07) is 7.07. The number of nitrogens with one attached hydrogen (secondary N) is 1. The third-order valence-electron chi connectivity index (χ3n) is 2.62. The van der Waals surface area contributed by atoms with Crippen LogP contribution >= 0.6 is 0 Å². The third-order valence-corrected chi connectivity index (χ3v) is 2.62. The van der Waals surface area contributed by atoms with E-state index in [4.69, 9.17) is 15.6 Å². The maximum atomic E-state index is 11.2. The molecule has 0 aromatic heterocycles. The normalized spacial score (nSPS) is 12.4. The predicted octanol–water partition coefficient (Wildman–Crippen LogP) is 0.452. The van der Waals surface area contributed by atoms with Crippen LogP contribution in [0.3, 0.4) is 0 Å². The van der Waals surface area contributed by atoms with Crippen molar-refractivity contribution < 1.29 is 14.6 Å². The molecule has 19 heavy (non-hydrogen) atoms. The number of ether oxygens (including phenoxy) is 1. The number of nitrogens with two attached hydrogens (primary N) is 1. The molecule has 0 spiro atoms. The van der Waals surface area contributed by atoms with E-state index in [-0.39, 0.29) is 19.3 Å². The molecule has 1 rings (SSSR count). The Hall–Kier alpha value is -1.59. The van der Waals surface area contributed by atoms with E-state index in [1.54, 1.807) is 0 Å². The Kier molecular flexibility index (Phi) is 6.32. The lowest BCUT2D eigenvalue weighted by Gasteiger charge is -2.18. The van der Waals surface area contributed by atoms with E-state index in [1.165, 1.54) is 0 Å². The summed E-state index contributed by atoms with van der Waals surface area (Å²) in [5.41, 5.74) is 6.35. The summed E-state index contributed by atoms with van der Waals surface area (Å²) in [5.74, 6) is 0.254. The van der Waals surface area contributed by atoms with Crippen molar-refractivity contribution in [3.63, 3.8) is 0 Å². The summed E-state index contributed by atoms with van der Waals surface area (Å²) in [6.07, 6.45) is 0.624. The molecule has 5 nitrogen and oxygen atoms in total. The van der Waals surface area contributed by atoms with Gasteiger partial charge < -0.3 is 20.9 Å². The van der Waals surface area contributed by atoms with E-state index in [0.717, 1.165) is 5.56 Å². The number of carbonyl (C=O) groups is 1. The minimum absolute atomic E-state index is 0.127. The highest BCUT2D eigenvalue weighted by molar-refractivity contribution is 5.80. The summed E-state index contributed by atoms with van der Waals surface area (Å²) in [4.78, 5) is 11.2. The zero-order valence-electron chi connectivity index (χ0n) is 11.4. The van der Waals surface area contributed by atoms with Gasteiger partial charge in [-0.2, -0.15) is 0 Å². The summed E-state index contributed by atoms with van der Waals surface area (Å²) in [6.45, 7) is 4.22. The van der Waals surface area contributed by atoms with E-state index in [1.807, 2.05) is 38.1 Å². The Morgan fingerprint density at radius 2 is 2.00 bits per heavy atom. The number of primary amides is 1. The number of rotatable bonds is 8. The molecule has 0 heterocycles. The Morgan fingerprint density at radius 3 is 2.47 bits per heavy atom. The average molecular weight is 266 g/mol. The molecule has 0 saturated carbocycles. The molecule has 0 aliphatic rings. The summed E-state index contributed by atoms with van der Waals surface area (Å²) in [5, 5.41) is 11.9. The van der Waals surface area contributed by atoms with Crippen molar-refractivity contribution in [2.45, 2.75) is 32.4 Å². The van der Waals surface area contributed by atoms with E-state index in [0.29, 0.717) is 12.2 Å². The van der Waals surface area contributed by atoms with Crippen LogP contribution in [0.15, 0.2) is 24.3 Å². The van der Waals surface area contributed by atoms with Gasteiger partial charge in [-0.3, -0.25) is 4.79 Å². The van der Waals surface area contributed by atoms with E-state index in [2.05, 4.69) is 5.32 Å². The van der Waals surface area contributed by atoms with Gasteiger partial charge in [0.05, 0.1) is 0 Å². The van der Waals surface area contributed by atoms with Gasteiger partial charge in [-0.25, -0.2) is 0 Å². The SMILES string of the molecule is CC(C)NC(COc1ccc(CCO)cc1)C(N)=O. The van der Waals surface area contributed by atoms with E-state index >= 15 is 0 Å². The first-order chi connectivity index (χ1) is 9.02. The predicted molar refractivity (Wildman–Crippen MR) is 74.0 cm³/mol. The Bertz CT molecular complexity index is 390. The van der Waals surface area contributed by atoms with Crippen molar-refractivity contribution in [3.05, 3.63) is 29.8 Å². The first-order valence-electron chi connectivity index (χ1n) is 6.41. The third kappa shape index (κ3) is 5.72. The molecule has 0 aliphatic heterocycles. The van der Waals surface area contributed by atoms with Crippen molar-refractivity contribution in [2.24, 2.45) is 5.73 Å². The smallest absolute Gasteiger partial charge is 0.238 e. The van der Waals surface area contributed by atoms with Crippen LogP contribution in [-0.4, -0.2) is 36.3 Å². The quantitative estimate of drug-likeness (QED) is 0.638. The topological polar surface area (TPSA) is 84.6 Å². The van der Waals surface area contributed by atoms with Gasteiger partial charge >= 0.3 is 0 Å². The number of amides is 1. The van der Waals surface area contributed by atoms with Gasteiger partial charge in [0.25, 0.3) is 0 Å². The van der Waals surface area contributed by atoms with Gasteiger partial charge in [-0.1, -0.05) is 26.0 Å². The van der Waals surface area contributed by atoms with Gasteiger partial charge in [0.2, 0.25) is 5.91 Å². The molecule has 0 bridgehead atoms. The summed E-state index contributed by atoms with van der Waals surface area (Å²) < 4.78 is 5.54. The van der Waals surface area contributed by atoms with Crippen LogP contribution in [0, 0.1) is 0 Å². The maximum Gasteiger partial charge on any atom is 0.238 e. The highest BCUT2D eigenvalue weighted by atomic mass is 16.5. The van der Waals surface area contributed by atoms with Crippen molar-refractivity contribution in [2.75, 3.05) is 13.2 Å². The van der Waals surface area contributed by atoms with E-state index < -0.39 is 11.9 Å². The fraction of sp³-hybridized carbons (Fsp3) is 0.500. The Balaban J connectivity index is 2.51. The number of hydrogen-bond donors (Lipinski definition) is 3. The highest BCUT2D eigenvalue weighted by Gasteiger charge is 2.16. The van der Waals surface area contributed by atoms with Gasteiger partial charge in [0.1, 0.15) is 18.4 Å². The molecule has 1 aromatic carbocycles. The van der Waals surface area contributed by atoms with Crippen molar-refractivity contribution in [1.82, 2.24) is 5.32 Å². The minimum Gasteiger partial charge on any atom is -0.491 e. The lowest BCUT2D eigenvalue weighted by Crippen LogP contribution is -2.48. The van der Waals surface area contributed by atoms with Crippen LogP contribution in [0.5, 0.6) is 5.75 Å². The zero-order chi connectivity index (χ0) is 14.3. The summed E-state index contributed by atoms with van der Waals surface area (Å²) >= 11 is 0. The Morgan fingerprint density at radius 1 is 1.37 bits per heavy atom. The summed E-state index contributed by atoms with van der Waals surface area (Å²) in [7, 11) is 0. The number of aliphatic hydroxyl groups excluding tert-OH is 1. The Labute approximate surface area is 113 Å². The average Bonchev–Trinajstić information content (AvgIpc) is 2.36. The van der Waals surface area contributed by atoms with Crippen LogP contribution in [0.2, 0.25) is 0 Å². The molecular formula is C14H22N2O3. The molecule has 5 heteroatoms. The first kappa shape index (κ1) is 15.5. The van der Waals surface area contributed by atoms with Gasteiger partial charge in [0.15, 0.2) is 0 Å². The first-order valence-corrected chi connectivity index (χ1v) is 6.41. The van der Waals surface area contributed by atoms with Crippen molar-refractivity contribution in [1.29, 1.82) is 0 Å². The molecule has 1 unspecified atom stereocenters. The van der Waals surface area contributed by atoms with Crippen LogP contribution in [0.25, 0.3) is 0 Å². The van der Waals surface area contributed by atoms with Gasteiger partial charge in [0, 0.05) is 12.6 Å². The van der Waals surface area contributed by atoms with Gasteiger partial charge in [-0.05, 0) is 24.1 Å². The maximum absolute atomic E-state index is 11.2. The lowest BCUT2D eigenvalue weighted by atomic mass is 10.1. The standard InChI is InChI=1S/C14H22N2O3/c1-10(2)16-13(14(15)18)9-19-12-5-3-11(4-6-12)7-8-17/h3-6,10,13,16-17H,7-9H2,1-2H3,(H2,15,18). The second-order valence-electron chi connectivity index (χ2n) is 4.70. The molecule has 0 aliphatic carbocycles. The number of carbonyl (C=O) groups excluding carboxylic acids is 1. The molecule has 0 radical (unpaired) electrons. The fourth-order valence-corrected chi connectivity index (χ4v) is 1.68. The monoisotopic (exact) mass is 266 g/mol. The van der Waals surface area contributed by atoms with Crippen LogP contribution in [0.1, 0.15) is 19.4 Å². The molecule has 1 atom stereocenters. The van der Waals surface area contributed by atoms with Crippen LogP contribution in [-0.2, 0) is 11.2 Å². The second kappa shape index (κ2) is 7.76. The number of benzene rings is 1. The number of hydrogen-bond acceptors (Lipinski definition) is 4. The molecule has 4 N–H and O–H groups in total. The molecule has 0 fully saturated rings. The largest absolute Gasteiger partial charge is 0.491 e. The van der Waals surface area contributed by atoms with Crippen molar-refractivity contribution in [3.8, 4) is 5.75 Å². The fourth-order valence-electron chi connectivity index (χ4n) is 1.68. The number of aliphatic hydroxyl groups is 1. The minimum atomic E-state index is -0.503.